The van der Waals surface area contributed by atoms with E-state index in [1.807, 2.05) is 0 Å². The van der Waals surface area contributed by atoms with Crippen LogP contribution in [-0.4, -0.2) is 27.0 Å². The summed E-state index contributed by atoms with van der Waals surface area (Å²) >= 11 is 1.29. The summed E-state index contributed by atoms with van der Waals surface area (Å²) in [5, 5.41) is 12.2. The highest BCUT2D eigenvalue weighted by molar-refractivity contribution is 7.12. The zero-order chi connectivity index (χ0) is 9.97. The van der Waals surface area contributed by atoms with E-state index in [2.05, 4.69) is 14.7 Å². The van der Waals surface area contributed by atoms with E-state index in [-0.39, 0.29) is 6.54 Å². The third-order valence-corrected chi connectivity index (χ3v) is 2.41. The van der Waals surface area contributed by atoms with Crippen molar-refractivity contribution in [1.82, 2.24) is 9.36 Å². The largest absolute Gasteiger partial charge is 0.480 e. The fourth-order valence-corrected chi connectivity index (χ4v) is 1.73. The van der Waals surface area contributed by atoms with Gasteiger partial charge < -0.3 is 10.4 Å². The first-order valence-corrected chi connectivity index (χ1v) is 4.70. The second-order valence-electron chi connectivity index (χ2n) is 2.65. The number of nitrogens with one attached hydrogen (secondary N) is 1. The van der Waals surface area contributed by atoms with Gasteiger partial charge in [0.15, 0.2) is 0 Å². The molecule has 2 heterocycles. The molecule has 0 aliphatic rings. The number of hydrogen-bond donors (Lipinski definition) is 2. The number of aliphatic carboxylic acids is 1. The van der Waals surface area contributed by atoms with Crippen molar-refractivity contribution < 1.29 is 9.90 Å². The number of pyridine rings is 1. The second kappa shape index (κ2) is 3.59. The molecule has 2 aromatic heterocycles. The fourth-order valence-electron chi connectivity index (χ4n) is 1.11. The topological polar surface area (TPSA) is 75.1 Å². The maximum Gasteiger partial charge on any atom is 0.322 e. The second-order valence-corrected chi connectivity index (χ2v) is 3.43. The molecule has 0 radical (unpaired) electrons. The van der Waals surface area contributed by atoms with E-state index in [1.54, 1.807) is 18.5 Å². The summed E-state index contributed by atoms with van der Waals surface area (Å²) in [6, 6.07) is 1.74. The zero-order valence-corrected chi connectivity index (χ0v) is 7.91. The van der Waals surface area contributed by atoms with E-state index in [0.29, 0.717) is 0 Å². The Balaban J connectivity index is 2.32. The Morgan fingerprint density at radius 3 is 3.29 bits per heavy atom. The van der Waals surface area contributed by atoms with Crippen molar-refractivity contribution in [2.24, 2.45) is 0 Å². The average molecular weight is 209 g/mol. The molecule has 0 amide bonds. The molecule has 0 aliphatic carbocycles. The van der Waals surface area contributed by atoms with Gasteiger partial charge in [-0.25, -0.2) is 4.98 Å². The van der Waals surface area contributed by atoms with Crippen LogP contribution in [-0.2, 0) is 4.79 Å². The Labute approximate surface area is 83.6 Å². The molecule has 0 saturated heterocycles. The third-order valence-electron chi connectivity index (χ3n) is 1.70. The van der Waals surface area contributed by atoms with Gasteiger partial charge in [0, 0.05) is 11.9 Å². The van der Waals surface area contributed by atoms with Crippen molar-refractivity contribution in [3.63, 3.8) is 0 Å². The number of aromatic nitrogens is 2. The number of fused-ring (bicyclic) bond motifs is 1. The molecule has 0 bridgehead atoms. The van der Waals surface area contributed by atoms with E-state index in [9.17, 15) is 4.79 Å². The van der Waals surface area contributed by atoms with Gasteiger partial charge in [-0.1, -0.05) is 0 Å². The predicted molar refractivity (Wildman–Crippen MR) is 53.5 cm³/mol. The molecule has 5 nitrogen and oxygen atoms in total. The molecule has 0 spiro atoms. The van der Waals surface area contributed by atoms with Crippen LogP contribution in [0.15, 0.2) is 18.5 Å². The predicted octanol–water partition coefficient (Wildman–Crippen LogP) is 1.19. The molecule has 2 aromatic rings. The molecule has 0 saturated carbocycles. The molecular formula is C8H7N3O2S. The van der Waals surface area contributed by atoms with E-state index >= 15 is 0 Å². The van der Waals surface area contributed by atoms with Crippen LogP contribution in [0.2, 0.25) is 0 Å². The van der Waals surface area contributed by atoms with E-state index < -0.39 is 5.97 Å². The standard InChI is InChI=1S/C8H7N3O2S/c12-7(13)4-10-6-1-2-9-8-5(6)3-11-14-8/h1-3H,4H2,(H,9,10)(H,12,13). The molecule has 0 atom stereocenters. The lowest BCUT2D eigenvalue weighted by molar-refractivity contribution is -0.134. The van der Waals surface area contributed by atoms with Gasteiger partial charge >= 0.3 is 5.97 Å². The lowest BCUT2D eigenvalue weighted by Gasteiger charge is -2.02. The highest BCUT2D eigenvalue weighted by Crippen LogP contribution is 2.23. The molecule has 0 aliphatic heterocycles. The summed E-state index contributed by atoms with van der Waals surface area (Å²) < 4.78 is 3.98. The maximum absolute atomic E-state index is 10.4. The molecule has 2 N–H and O–H groups in total. The normalized spacial score (nSPS) is 10.3. The van der Waals surface area contributed by atoms with Crippen LogP contribution >= 0.6 is 11.5 Å². The first-order valence-electron chi connectivity index (χ1n) is 3.92. The number of anilines is 1. The Hall–Kier alpha value is -1.69. The first-order chi connectivity index (χ1) is 6.77. The van der Waals surface area contributed by atoms with Crippen LogP contribution in [0.5, 0.6) is 0 Å². The molecule has 72 valence electrons. The van der Waals surface area contributed by atoms with Crippen LogP contribution in [0.4, 0.5) is 5.69 Å². The number of rotatable bonds is 3. The molecule has 14 heavy (non-hydrogen) atoms. The number of hydrogen-bond acceptors (Lipinski definition) is 5. The van der Waals surface area contributed by atoms with Crippen molar-refractivity contribution >= 4 is 33.4 Å². The smallest absolute Gasteiger partial charge is 0.322 e. The van der Waals surface area contributed by atoms with Gasteiger partial charge in [-0.05, 0) is 17.6 Å². The quantitative estimate of drug-likeness (QED) is 0.794. The Bertz CT molecular complexity index is 468. The fraction of sp³-hybridized carbons (Fsp3) is 0.125. The molecular weight excluding hydrogens is 202 g/mol. The Kier molecular flexibility index (Phi) is 2.28. The average Bonchev–Trinajstić information content (AvgIpc) is 2.62. The summed E-state index contributed by atoms with van der Waals surface area (Å²) in [7, 11) is 0. The van der Waals surface area contributed by atoms with Crippen molar-refractivity contribution in [3.05, 3.63) is 18.5 Å². The van der Waals surface area contributed by atoms with Gasteiger partial charge in [0.2, 0.25) is 0 Å². The van der Waals surface area contributed by atoms with Gasteiger partial charge in [0.05, 0.1) is 11.6 Å². The van der Waals surface area contributed by atoms with Crippen LogP contribution in [0.1, 0.15) is 0 Å². The third kappa shape index (κ3) is 1.64. The molecule has 0 unspecified atom stereocenters. The summed E-state index contributed by atoms with van der Waals surface area (Å²) in [5.41, 5.74) is 0.756. The van der Waals surface area contributed by atoms with Crippen molar-refractivity contribution in [2.45, 2.75) is 0 Å². The van der Waals surface area contributed by atoms with Gasteiger partial charge in [-0.15, -0.1) is 0 Å². The van der Waals surface area contributed by atoms with Crippen LogP contribution < -0.4 is 5.32 Å². The summed E-state index contributed by atoms with van der Waals surface area (Å²) in [6.45, 7) is -0.102. The minimum absolute atomic E-state index is 0.102. The summed E-state index contributed by atoms with van der Waals surface area (Å²) in [4.78, 5) is 15.3. The van der Waals surface area contributed by atoms with Gasteiger partial charge in [0.1, 0.15) is 11.4 Å². The van der Waals surface area contributed by atoms with Gasteiger partial charge in [-0.2, -0.15) is 4.37 Å². The van der Waals surface area contributed by atoms with Crippen molar-refractivity contribution in [2.75, 3.05) is 11.9 Å². The number of carbonyl (C=O) groups is 1. The Morgan fingerprint density at radius 2 is 2.50 bits per heavy atom. The zero-order valence-electron chi connectivity index (χ0n) is 7.10. The number of carboxylic acids is 1. The van der Waals surface area contributed by atoms with E-state index in [4.69, 9.17) is 5.11 Å². The van der Waals surface area contributed by atoms with Crippen LogP contribution in [0.3, 0.4) is 0 Å². The monoisotopic (exact) mass is 209 g/mol. The highest BCUT2D eigenvalue weighted by Gasteiger charge is 2.04. The molecule has 6 heteroatoms. The first kappa shape index (κ1) is 8.89. The SMILES string of the molecule is O=C(O)CNc1ccnc2sncc12. The molecule has 2 rings (SSSR count). The summed E-state index contributed by atoms with van der Waals surface area (Å²) in [5.74, 6) is -0.891. The highest BCUT2D eigenvalue weighted by atomic mass is 32.1. The number of carboxylic acid groups (broad SMARTS) is 1. The lowest BCUT2D eigenvalue weighted by atomic mass is 10.3. The van der Waals surface area contributed by atoms with Crippen molar-refractivity contribution in [3.8, 4) is 0 Å². The number of nitrogens with zero attached hydrogens (tertiary/aromatic N) is 2. The lowest BCUT2D eigenvalue weighted by Crippen LogP contribution is -2.12. The summed E-state index contributed by atoms with van der Waals surface area (Å²) in [6.07, 6.45) is 3.31. The van der Waals surface area contributed by atoms with E-state index in [0.717, 1.165) is 15.9 Å². The van der Waals surface area contributed by atoms with E-state index in [1.165, 1.54) is 11.5 Å². The minimum atomic E-state index is -0.891. The van der Waals surface area contributed by atoms with Gasteiger partial charge in [0.25, 0.3) is 0 Å². The maximum atomic E-state index is 10.4. The van der Waals surface area contributed by atoms with Crippen molar-refractivity contribution in [1.29, 1.82) is 0 Å². The Morgan fingerprint density at radius 1 is 1.64 bits per heavy atom. The molecule has 0 aromatic carbocycles. The van der Waals surface area contributed by atoms with Crippen LogP contribution in [0.25, 0.3) is 10.2 Å². The van der Waals surface area contributed by atoms with Gasteiger partial charge in [-0.3, -0.25) is 4.79 Å². The minimum Gasteiger partial charge on any atom is -0.480 e. The van der Waals surface area contributed by atoms with Crippen LogP contribution in [0, 0.1) is 0 Å². The molecule has 0 fully saturated rings.